The van der Waals surface area contributed by atoms with Crippen LogP contribution in [0.2, 0.25) is 0 Å². The predicted molar refractivity (Wildman–Crippen MR) is 443 cm³/mol. The van der Waals surface area contributed by atoms with Crippen LogP contribution in [0.1, 0.15) is 104 Å². The number of nitrogens with two attached hydrogens (primary N) is 3. The van der Waals surface area contributed by atoms with E-state index in [1.807, 2.05) is 10.6 Å². The Kier molecular flexibility index (Phi) is 47.5. The summed E-state index contributed by atoms with van der Waals surface area (Å²) in [4.78, 5) is 266. The Morgan fingerprint density at radius 2 is 0.828 bits per heavy atom. The molecule has 1 fully saturated rings. The first-order valence-corrected chi connectivity index (χ1v) is 40.5. The van der Waals surface area contributed by atoms with Gasteiger partial charge in [0.15, 0.2) is 5.96 Å². The van der Waals surface area contributed by atoms with E-state index in [0.717, 1.165) is 11.8 Å². The highest BCUT2D eigenvalue weighted by molar-refractivity contribution is 6.01. The second kappa shape index (κ2) is 55.9. The summed E-state index contributed by atoms with van der Waals surface area (Å²) >= 11 is 0. The molecule has 0 bridgehead atoms. The summed E-state index contributed by atoms with van der Waals surface area (Å²) in [6.45, 7) is -1.81. The molecule has 51 nitrogen and oxygen atoms in total. The average Bonchev–Trinajstić information content (AvgIpc) is 1.66. The van der Waals surface area contributed by atoms with Gasteiger partial charge in [0.1, 0.15) is 84.3 Å². The summed E-state index contributed by atoms with van der Waals surface area (Å²) in [6, 6.07) is -10.1. The molecule has 33 N–H and O–H groups in total. The summed E-state index contributed by atoms with van der Waals surface area (Å²) in [7, 11) is 0. The zero-order valence-electron chi connectivity index (χ0n) is 70.9. The lowest BCUT2D eigenvalue weighted by atomic mass is 10.0. The molecule has 2 aromatic carbocycles. The zero-order chi connectivity index (χ0) is 96.2. The first-order valence-electron chi connectivity index (χ1n) is 40.5. The molecule has 18 amide bonds. The molecule has 710 valence electrons. The average molecular weight is 1820 g/mol. The third-order valence-electron chi connectivity index (χ3n) is 19.2. The fourth-order valence-electron chi connectivity index (χ4n) is 12.2. The Morgan fingerprint density at radius 3 is 1.27 bits per heavy atom. The highest BCUT2D eigenvalue weighted by atomic mass is 16.4. The predicted octanol–water partition coefficient (Wildman–Crippen LogP) is -13.7. The normalized spacial score (nSPS) is 15.5. The van der Waals surface area contributed by atoms with Crippen molar-refractivity contribution in [2.24, 2.45) is 29.0 Å². The topological polar surface area (TPSA) is 833 Å². The number of carboxylic acid groups (broad SMARTS) is 2. The number of aliphatic hydroxyl groups is 6. The number of aliphatic carboxylic acids is 2. The van der Waals surface area contributed by atoms with Gasteiger partial charge in [-0.1, -0.05) is 70.2 Å². The van der Waals surface area contributed by atoms with Crippen molar-refractivity contribution in [3.05, 3.63) is 65.7 Å². The van der Waals surface area contributed by atoms with Gasteiger partial charge in [-0.25, -0.2) is 4.79 Å². The van der Waals surface area contributed by atoms with Crippen LogP contribution in [0.4, 0.5) is 0 Å². The van der Waals surface area contributed by atoms with E-state index in [2.05, 4.69) is 79.8 Å². The molecular formula is C77H118N22O29. The second-order valence-corrected chi connectivity index (χ2v) is 30.3. The summed E-state index contributed by atoms with van der Waals surface area (Å²) in [5.74, 6) is -23.8. The molecule has 0 aliphatic carbocycles. The van der Waals surface area contributed by atoms with Crippen molar-refractivity contribution in [1.82, 2.24) is 95.3 Å². The number of amides is 18. The largest absolute Gasteiger partial charge is 0.508 e. The van der Waals surface area contributed by atoms with E-state index in [0.29, 0.717) is 5.56 Å². The molecule has 1 saturated heterocycles. The lowest BCUT2D eigenvalue weighted by Gasteiger charge is -2.31. The number of hydrogen-bond acceptors (Lipinski definition) is 29. The number of primary amides is 1. The van der Waals surface area contributed by atoms with E-state index in [-0.39, 0.29) is 75.3 Å². The number of phenols is 1. The van der Waals surface area contributed by atoms with E-state index in [9.17, 15) is 137 Å². The van der Waals surface area contributed by atoms with Crippen LogP contribution in [-0.2, 0) is 109 Å². The molecule has 3 rings (SSSR count). The lowest BCUT2D eigenvalue weighted by Crippen LogP contribution is -2.61. The number of aromatic hydroxyl groups is 1. The molecule has 0 aromatic heterocycles. The highest BCUT2D eigenvalue weighted by Gasteiger charge is 2.42. The van der Waals surface area contributed by atoms with Crippen LogP contribution in [-0.4, -0.2) is 338 Å². The molecule has 0 unspecified atom stereocenters. The van der Waals surface area contributed by atoms with Crippen LogP contribution in [0, 0.1) is 17.2 Å². The quantitative estimate of drug-likeness (QED) is 0.0166. The van der Waals surface area contributed by atoms with Crippen LogP contribution in [0.25, 0.3) is 0 Å². The van der Waals surface area contributed by atoms with Gasteiger partial charge in [0.2, 0.25) is 106 Å². The number of guanidine groups is 1. The third-order valence-corrected chi connectivity index (χ3v) is 19.2. The van der Waals surface area contributed by atoms with E-state index in [4.69, 9.17) is 27.7 Å². The minimum atomic E-state index is -1.97. The Balaban J connectivity index is 1.66. The van der Waals surface area contributed by atoms with Crippen LogP contribution in [0.3, 0.4) is 0 Å². The van der Waals surface area contributed by atoms with Crippen LogP contribution < -0.4 is 108 Å². The van der Waals surface area contributed by atoms with E-state index in [1.165, 1.54) is 24.3 Å². The smallest absolute Gasteiger partial charge is 0.326 e. The molecule has 0 saturated carbocycles. The molecule has 1 heterocycles. The van der Waals surface area contributed by atoms with Crippen molar-refractivity contribution in [3.63, 3.8) is 0 Å². The molecule has 0 spiro atoms. The first kappa shape index (κ1) is 109. The van der Waals surface area contributed by atoms with Crippen molar-refractivity contribution < 1.29 is 142 Å². The molecule has 128 heavy (non-hydrogen) atoms. The summed E-state index contributed by atoms with van der Waals surface area (Å²) in [6.07, 6.45) is -4.32. The van der Waals surface area contributed by atoms with Gasteiger partial charge in [-0.2, -0.15) is 0 Å². The molecule has 1 aliphatic rings. The third kappa shape index (κ3) is 39.0. The van der Waals surface area contributed by atoms with E-state index < -0.39 is 306 Å². The minimum Gasteiger partial charge on any atom is -0.508 e. The van der Waals surface area contributed by atoms with Gasteiger partial charge in [0, 0.05) is 38.8 Å². The number of phenolic OH excluding ortho intramolecular Hbond substituents is 1. The maximum Gasteiger partial charge on any atom is 0.326 e. The minimum absolute atomic E-state index is 0.00656. The molecular weight excluding hydrogens is 1700 g/mol. The first-order chi connectivity index (χ1) is 60.4. The Labute approximate surface area is 732 Å². The maximum atomic E-state index is 14.4. The lowest BCUT2D eigenvalue weighted by molar-refractivity contribution is -0.143. The second-order valence-electron chi connectivity index (χ2n) is 30.3. The van der Waals surface area contributed by atoms with Gasteiger partial charge in [0.05, 0.1) is 71.4 Å². The number of carbonyl (C=O) groups is 20. The van der Waals surface area contributed by atoms with Gasteiger partial charge < -0.3 is 158 Å². The van der Waals surface area contributed by atoms with Crippen molar-refractivity contribution in [2.75, 3.05) is 72.3 Å². The van der Waals surface area contributed by atoms with Crippen molar-refractivity contribution in [2.45, 2.75) is 196 Å². The van der Waals surface area contributed by atoms with Crippen molar-refractivity contribution in [1.29, 1.82) is 5.41 Å². The maximum absolute atomic E-state index is 14.4. The van der Waals surface area contributed by atoms with E-state index in [1.54, 1.807) is 58.0 Å². The Bertz CT molecular complexity index is 4180. The SMILES string of the molecule is CC(C)C[C@H](NC(=O)[C@H](CO)NC(=O)[C@H](Cc1ccc(O)cc1)NC(=O)[C@H](CCC(N)=O)NC(=O)[C@@H](NC(=O)CNC(=O)[C@H](CO)NC(=O)CNC(=O)[C@H](CO)NC(=O)CNC(=O)[C@H](CO)NC(=O)[C@H](Cc1ccccc1)NC(=O)[C@H](CCCNC(=N)N)NC(=O)[C@H](CO)NC(=O)[C@@H]1CCCN1C(=O)[C@@H](NC(=O)CNC(=O)[C@@H](N)CCC(=O)O)C(C)C)[C@@H](C)O)C(=O)O. The van der Waals surface area contributed by atoms with Gasteiger partial charge in [0.25, 0.3) is 0 Å². The number of hydrogen-bond donors (Lipinski definition) is 30. The van der Waals surface area contributed by atoms with Crippen molar-refractivity contribution >= 4 is 124 Å². The fourth-order valence-corrected chi connectivity index (χ4v) is 12.2. The number of carbonyl (C=O) groups excluding carboxylic acids is 18. The van der Waals surface area contributed by atoms with Crippen molar-refractivity contribution in [3.8, 4) is 5.75 Å². The Hall–Kier alpha value is -13.4. The number of likely N-dealkylation sites (tertiary alicyclic amines) is 1. The highest BCUT2D eigenvalue weighted by Crippen LogP contribution is 2.22. The molecule has 0 radical (unpaired) electrons. The summed E-state index contributed by atoms with van der Waals surface area (Å²) in [5, 5.41) is 136. The fraction of sp³-hybridized carbons (Fsp3) is 0.571. The van der Waals surface area contributed by atoms with Crippen LogP contribution in [0.5, 0.6) is 5.75 Å². The summed E-state index contributed by atoms with van der Waals surface area (Å²) < 4.78 is 0. The monoisotopic (exact) mass is 1810 g/mol. The van der Waals surface area contributed by atoms with Gasteiger partial charge >= 0.3 is 11.9 Å². The number of rotatable bonds is 57. The molecule has 2 aromatic rings. The van der Waals surface area contributed by atoms with Crippen LogP contribution >= 0.6 is 0 Å². The summed E-state index contributed by atoms with van der Waals surface area (Å²) in [5.41, 5.74) is 17.2. The number of carboxylic acids is 2. The number of nitrogens with zero attached hydrogens (tertiary/aromatic N) is 1. The van der Waals surface area contributed by atoms with E-state index >= 15 is 0 Å². The zero-order valence-corrected chi connectivity index (χ0v) is 70.9. The number of benzene rings is 2. The number of nitrogens with one attached hydrogen (secondary N) is 18. The van der Waals surface area contributed by atoms with Gasteiger partial charge in [-0.05, 0) is 87.0 Å². The van der Waals surface area contributed by atoms with Gasteiger partial charge in [-0.3, -0.25) is 96.5 Å². The molecule has 15 atom stereocenters. The number of aliphatic hydroxyl groups excluding tert-OH is 6. The molecule has 1 aliphatic heterocycles. The van der Waals surface area contributed by atoms with Crippen LogP contribution in [0.15, 0.2) is 54.6 Å². The van der Waals surface area contributed by atoms with Gasteiger partial charge in [-0.15, -0.1) is 0 Å². The standard InChI is InChI=1S/C77H118N22O29/c1-37(2)25-48(76(127)128)93-72(123)52(35-103)95-70(121)47(27-41-15-17-42(106)18-16-41)92-68(119)45(20-21-55(79)107)90-74(125)62(39(5)105)98-59(111)31-86-65(116)50(33-101)88-56(108)28-84-64(115)49(32-100)87-57(109)29-85-66(117)51(34-102)94-69(120)46(26-40-11-7-6-8-12-40)91-67(118)44(13-9-23-82-77(80)81)89-71(122)53(36-104)96-73(124)54-14-10-24-99(54)75(126)61(38(3)4)97-58(110)30-83-63(114)43(78)19-22-60(112)113/h6-8,11-12,15-18,37-39,43-54,61-62,100-106H,9-10,13-14,19-36,78H2,1-5H3,(H2,79,107)(H,83,114)(H,84,115)(H,85,117)(H,86,116)(H,87,109)(H,88,108)(H,89,122)(H,90,125)(H,91,118)(H,92,119)(H,93,123)(H,94,120)(H,95,121)(H,96,124)(H,97,110)(H,98,111)(H,112,113)(H,127,128)(H4,80,81,82)/t39-,43+,44+,45+,46+,47+,48+,49+,50+,51+,52+,53+,54+,61+,62+/m1/s1. The Morgan fingerprint density at radius 1 is 0.438 bits per heavy atom. The molecule has 51 heteroatoms.